The van der Waals surface area contributed by atoms with Gasteiger partial charge in [0.15, 0.2) is 0 Å². The van der Waals surface area contributed by atoms with Crippen molar-refractivity contribution in [3.05, 3.63) is 63.6 Å². The molecule has 1 saturated heterocycles. The maximum Gasteiger partial charge on any atom is 0.0543 e. The van der Waals surface area contributed by atoms with Crippen LogP contribution >= 0.6 is 15.9 Å². The summed E-state index contributed by atoms with van der Waals surface area (Å²) in [6, 6.07) is 16.2. The number of anilines is 1. The highest BCUT2D eigenvalue weighted by Gasteiger charge is 2.26. The molecule has 0 saturated carbocycles. The molecule has 2 aromatic rings. The summed E-state index contributed by atoms with van der Waals surface area (Å²) in [6.45, 7) is 5.52. The van der Waals surface area contributed by atoms with Crippen LogP contribution in [0.2, 0.25) is 0 Å². The Morgan fingerprint density at radius 3 is 2.30 bits per heavy atom. The minimum absolute atomic E-state index is 0.518. The van der Waals surface area contributed by atoms with Gasteiger partial charge in [-0.2, -0.15) is 0 Å². The molecule has 0 N–H and O–H groups in total. The average Bonchev–Trinajstić information content (AvgIpc) is 2.87. The van der Waals surface area contributed by atoms with E-state index in [9.17, 15) is 0 Å². The monoisotopic (exact) mass is 329 g/mol. The quantitative estimate of drug-likeness (QED) is 0.712. The molecule has 1 heterocycles. The molecule has 104 valence electrons. The minimum Gasteiger partial charge on any atom is -0.364 e. The van der Waals surface area contributed by atoms with Crippen LogP contribution in [0.25, 0.3) is 0 Å². The summed E-state index contributed by atoms with van der Waals surface area (Å²) in [5.74, 6) is 0. The van der Waals surface area contributed by atoms with Crippen molar-refractivity contribution in [1.82, 2.24) is 0 Å². The largest absolute Gasteiger partial charge is 0.364 e. The Morgan fingerprint density at radius 1 is 1.00 bits per heavy atom. The molecule has 1 atom stereocenters. The van der Waals surface area contributed by atoms with Crippen molar-refractivity contribution in [3.8, 4) is 0 Å². The first kappa shape index (κ1) is 13.7. The lowest BCUT2D eigenvalue weighted by molar-refractivity contribution is 0.719. The second kappa shape index (κ2) is 5.61. The molecular weight excluding hydrogens is 310 g/mol. The molecular formula is C18H20BrN. The number of benzene rings is 2. The summed E-state index contributed by atoms with van der Waals surface area (Å²) in [5, 5.41) is 0. The Labute approximate surface area is 129 Å². The van der Waals surface area contributed by atoms with E-state index >= 15 is 0 Å². The van der Waals surface area contributed by atoms with E-state index < -0.39 is 0 Å². The smallest absolute Gasteiger partial charge is 0.0543 e. The Balaban J connectivity index is 1.94. The van der Waals surface area contributed by atoms with E-state index in [-0.39, 0.29) is 0 Å². The van der Waals surface area contributed by atoms with Gasteiger partial charge in [-0.3, -0.25) is 0 Å². The van der Waals surface area contributed by atoms with Gasteiger partial charge in [0.2, 0.25) is 0 Å². The lowest BCUT2D eigenvalue weighted by Gasteiger charge is -2.28. The molecule has 1 aliphatic rings. The van der Waals surface area contributed by atoms with Crippen molar-refractivity contribution < 1.29 is 0 Å². The predicted molar refractivity (Wildman–Crippen MR) is 89.4 cm³/mol. The fourth-order valence-electron chi connectivity index (χ4n) is 3.22. The van der Waals surface area contributed by atoms with E-state index in [1.807, 2.05) is 0 Å². The van der Waals surface area contributed by atoms with Crippen molar-refractivity contribution in [3.63, 3.8) is 0 Å². The summed E-state index contributed by atoms with van der Waals surface area (Å²) < 4.78 is 1.15. The van der Waals surface area contributed by atoms with E-state index in [4.69, 9.17) is 0 Å². The van der Waals surface area contributed by atoms with Crippen LogP contribution in [0.3, 0.4) is 0 Å². The molecule has 0 amide bonds. The van der Waals surface area contributed by atoms with Crippen LogP contribution in [-0.4, -0.2) is 6.54 Å². The first-order chi connectivity index (χ1) is 9.63. The highest BCUT2D eigenvalue weighted by Crippen LogP contribution is 2.37. The molecule has 2 heteroatoms. The zero-order chi connectivity index (χ0) is 14.1. The summed E-state index contributed by atoms with van der Waals surface area (Å²) in [7, 11) is 0. The molecule has 0 aliphatic carbocycles. The molecule has 20 heavy (non-hydrogen) atoms. The van der Waals surface area contributed by atoms with Gasteiger partial charge in [-0.25, -0.2) is 0 Å². The molecule has 2 aromatic carbocycles. The first-order valence-corrected chi connectivity index (χ1v) is 8.03. The lowest BCUT2D eigenvalue weighted by Crippen LogP contribution is -2.22. The molecule has 1 fully saturated rings. The van der Waals surface area contributed by atoms with E-state index in [1.165, 1.54) is 35.2 Å². The summed E-state index contributed by atoms with van der Waals surface area (Å²) in [6.07, 6.45) is 2.52. The molecule has 3 rings (SSSR count). The molecule has 0 spiro atoms. The summed E-state index contributed by atoms with van der Waals surface area (Å²) >= 11 is 3.52. The van der Waals surface area contributed by atoms with Crippen LogP contribution in [-0.2, 0) is 0 Å². The molecule has 1 aliphatic heterocycles. The number of rotatable bonds is 2. The number of aryl methyl sites for hydroxylation is 2. The normalized spacial score (nSPS) is 18.6. The number of halogens is 1. The molecule has 0 bridgehead atoms. The topological polar surface area (TPSA) is 3.24 Å². The average molecular weight is 330 g/mol. The van der Waals surface area contributed by atoms with E-state index in [2.05, 4.69) is 77.1 Å². The Morgan fingerprint density at radius 2 is 1.65 bits per heavy atom. The first-order valence-electron chi connectivity index (χ1n) is 7.24. The number of hydrogen-bond acceptors (Lipinski definition) is 1. The third-order valence-electron chi connectivity index (χ3n) is 4.05. The van der Waals surface area contributed by atoms with Gasteiger partial charge in [0, 0.05) is 16.7 Å². The standard InChI is InChI=1S/C18H20BrN/c1-13-10-14(2)12-17(11-13)20-9-3-4-18(20)15-5-7-16(19)8-6-15/h5-8,10-12,18H,3-4,9H2,1-2H3. The third-order valence-corrected chi connectivity index (χ3v) is 4.57. The van der Waals surface area contributed by atoms with Crippen LogP contribution in [0.15, 0.2) is 46.9 Å². The number of nitrogens with zero attached hydrogens (tertiary/aromatic N) is 1. The van der Waals surface area contributed by atoms with Crippen LogP contribution in [0, 0.1) is 13.8 Å². The molecule has 1 nitrogen and oxygen atoms in total. The van der Waals surface area contributed by atoms with Crippen LogP contribution in [0.5, 0.6) is 0 Å². The van der Waals surface area contributed by atoms with Crippen LogP contribution in [0.4, 0.5) is 5.69 Å². The summed E-state index contributed by atoms with van der Waals surface area (Å²) in [4.78, 5) is 2.56. The third kappa shape index (κ3) is 2.76. The molecule has 0 aromatic heterocycles. The Kier molecular flexibility index (Phi) is 3.84. The van der Waals surface area contributed by atoms with Crippen molar-refractivity contribution >= 4 is 21.6 Å². The Bertz CT molecular complexity index is 583. The van der Waals surface area contributed by atoms with Gasteiger partial charge in [0.25, 0.3) is 0 Å². The Hall–Kier alpha value is -1.28. The van der Waals surface area contributed by atoms with E-state index in [0.717, 1.165) is 11.0 Å². The second-order valence-corrected chi connectivity index (χ2v) is 6.66. The van der Waals surface area contributed by atoms with Gasteiger partial charge in [-0.1, -0.05) is 34.1 Å². The van der Waals surface area contributed by atoms with E-state index in [1.54, 1.807) is 0 Å². The van der Waals surface area contributed by atoms with Crippen LogP contribution in [0.1, 0.15) is 35.6 Å². The van der Waals surface area contributed by atoms with Crippen LogP contribution < -0.4 is 4.90 Å². The van der Waals surface area contributed by atoms with Gasteiger partial charge in [0.1, 0.15) is 0 Å². The highest BCUT2D eigenvalue weighted by molar-refractivity contribution is 9.10. The predicted octanol–water partition coefficient (Wildman–Crippen LogP) is 5.41. The van der Waals surface area contributed by atoms with Gasteiger partial charge >= 0.3 is 0 Å². The van der Waals surface area contributed by atoms with Crippen molar-refractivity contribution in [2.45, 2.75) is 32.7 Å². The minimum atomic E-state index is 0.518. The maximum atomic E-state index is 3.52. The fraction of sp³-hybridized carbons (Fsp3) is 0.333. The lowest BCUT2D eigenvalue weighted by atomic mass is 10.0. The zero-order valence-electron chi connectivity index (χ0n) is 12.1. The molecule has 1 unspecified atom stereocenters. The van der Waals surface area contributed by atoms with Crippen molar-refractivity contribution in [2.24, 2.45) is 0 Å². The SMILES string of the molecule is Cc1cc(C)cc(N2CCCC2c2ccc(Br)cc2)c1. The maximum absolute atomic E-state index is 3.52. The fourth-order valence-corrected chi connectivity index (χ4v) is 3.49. The van der Waals surface area contributed by atoms with Crippen molar-refractivity contribution in [2.75, 3.05) is 11.4 Å². The molecule has 0 radical (unpaired) electrons. The van der Waals surface area contributed by atoms with Gasteiger partial charge in [0.05, 0.1) is 6.04 Å². The highest BCUT2D eigenvalue weighted by atomic mass is 79.9. The zero-order valence-corrected chi connectivity index (χ0v) is 13.7. The van der Waals surface area contributed by atoms with Gasteiger partial charge < -0.3 is 4.90 Å². The van der Waals surface area contributed by atoms with E-state index in [0.29, 0.717) is 6.04 Å². The van der Waals surface area contributed by atoms with Gasteiger partial charge in [-0.15, -0.1) is 0 Å². The van der Waals surface area contributed by atoms with Crippen molar-refractivity contribution in [1.29, 1.82) is 0 Å². The number of hydrogen-bond donors (Lipinski definition) is 0. The summed E-state index contributed by atoms with van der Waals surface area (Å²) in [5.41, 5.74) is 5.49. The second-order valence-electron chi connectivity index (χ2n) is 5.75. The van der Waals surface area contributed by atoms with Gasteiger partial charge in [-0.05, 0) is 67.6 Å².